The molecule has 124 valence electrons. The summed E-state index contributed by atoms with van der Waals surface area (Å²) < 4.78 is 0. The summed E-state index contributed by atoms with van der Waals surface area (Å²) in [4.78, 5) is 25.1. The molecule has 6 nitrogen and oxygen atoms in total. The number of piperazine rings is 1. The Morgan fingerprint density at radius 1 is 0.917 bits per heavy atom. The number of aryl methyl sites for hydroxylation is 3. The van der Waals surface area contributed by atoms with Gasteiger partial charge in [-0.3, -0.25) is 0 Å². The number of thiophene rings is 1. The van der Waals surface area contributed by atoms with Crippen LogP contribution in [-0.4, -0.2) is 46.1 Å². The predicted octanol–water partition coefficient (Wildman–Crippen LogP) is 2.73. The minimum atomic E-state index is 0.809. The van der Waals surface area contributed by atoms with E-state index in [1.54, 1.807) is 23.7 Å². The molecule has 24 heavy (non-hydrogen) atoms. The highest BCUT2D eigenvalue weighted by Crippen LogP contribution is 2.35. The van der Waals surface area contributed by atoms with E-state index in [4.69, 9.17) is 4.98 Å². The molecule has 0 spiro atoms. The molecule has 3 aromatic heterocycles. The van der Waals surface area contributed by atoms with Crippen LogP contribution in [0.25, 0.3) is 10.2 Å². The molecule has 7 heteroatoms. The fourth-order valence-corrected chi connectivity index (χ4v) is 4.20. The van der Waals surface area contributed by atoms with Gasteiger partial charge in [0.25, 0.3) is 0 Å². The monoisotopic (exact) mass is 340 g/mol. The zero-order valence-corrected chi connectivity index (χ0v) is 15.0. The molecule has 0 N–H and O–H groups in total. The molecule has 4 heterocycles. The second kappa shape index (κ2) is 5.98. The lowest BCUT2D eigenvalue weighted by molar-refractivity contribution is 0.635. The van der Waals surface area contributed by atoms with E-state index in [2.05, 4.69) is 38.6 Å². The van der Waals surface area contributed by atoms with Gasteiger partial charge in [0.1, 0.15) is 16.5 Å². The Hall–Kier alpha value is -2.28. The van der Waals surface area contributed by atoms with E-state index >= 15 is 0 Å². The van der Waals surface area contributed by atoms with Crippen LogP contribution in [0.1, 0.15) is 16.3 Å². The van der Waals surface area contributed by atoms with Crippen molar-refractivity contribution in [1.82, 2.24) is 19.9 Å². The van der Waals surface area contributed by atoms with Crippen LogP contribution < -0.4 is 9.80 Å². The molecular weight excluding hydrogens is 320 g/mol. The van der Waals surface area contributed by atoms with Crippen LogP contribution in [0.15, 0.2) is 18.5 Å². The summed E-state index contributed by atoms with van der Waals surface area (Å²) in [5.41, 5.74) is 1.30. The summed E-state index contributed by atoms with van der Waals surface area (Å²) in [6, 6.07) is 1.85. The number of anilines is 2. The van der Waals surface area contributed by atoms with Crippen molar-refractivity contribution in [1.29, 1.82) is 0 Å². The molecule has 0 unspecified atom stereocenters. The van der Waals surface area contributed by atoms with E-state index in [0.717, 1.165) is 48.6 Å². The minimum Gasteiger partial charge on any atom is -0.352 e. The van der Waals surface area contributed by atoms with Crippen LogP contribution in [0.4, 0.5) is 11.8 Å². The lowest BCUT2D eigenvalue weighted by Crippen LogP contribution is -2.47. The summed E-state index contributed by atoms with van der Waals surface area (Å²) in [6.07, 6.45) is 3.59. The first-order valence-electron chi connectivity index (χ1n) is 8.15. The third-order valence-electron chi connectivity index (χ3n) is 4.54. The summed E-state index contributed by atoms with van der Waals surface area (Å²) in [6.45, 7) is 9.93. The van der Waals surface area contributed by atoms with Crippen molar-refractivity contribution >= 4 is 33.3 Å². The molecule has 4 rings (SSSR count). The van der Waals surface area contributed by atoms with Gasteiger partial charge in [-0.05, 0) is 32.4 Å². The summed E-state index contributed by atoms with van der Waals surface area (Å²) in [5.74, 6) is 2.73. The van der Waals surface area contributed by atoms with Crippen LogP contribution >= 0.6 is 11.3 Å². The third kappa shape index (κ3) is 2.58. The Morgan fingerprint density at radius 2 is 1.58 bits per heavy atom. The van der Waals surface area contributed by atoms with Gasteiger partial charge in [-0.25, -0.2) is 19.9 Å². The molecule has 0 amide bonds. The van der Waals surface area contributed by atoms with Gasteiger partial charge in [-0.15, -0.1) is 11.3 Å². The van der Waals surface area contributed by atoms with Crippen molar-refractivity contribution in [3.63, 3.8) is 0 Å². The lowest BCUT2D eigenvalue weighted by atomic mass is 10.2. The SMILES string of the molecule is Cc1nc(N2CCN(c3ncccn3)CC2)c2c(C)c(C)sc2n1. The number of fused-ring (bicyclic) bond motifs is 1. The van der Waals surface area contributed by atoms with Gasteiger partial charge >= 0.3 is 0 Å². The maximum Gasteiger partial charge on any atom is 0.225 e. The van der Waals surface area contributed by atoms with Crippen molar-refractivity contribution in [3.8, 4) is 0 Å². The first-order chi connectivity index (χ1) is 11.6. The second-order valence-electron chi connectivity index (χ2n) is 6.08. The van der Waals surface area contributed by atoms with Crippen molar-refractivity contribution < 1.29 is 0 Å². The standard InChI is InChI=1S/C17H20N6S/c1-11-12(2)24-16-14(11)15(20-13(3)21-16)22-7-9-23(10-8-22)17-18-5-4-6-19-17/h4-6H,7-10H2,1-3H3. The molecule has 0 bridgehead atoms. The highest BCUT2D eigenvalue weighted by Gasteiger charge is 2.23. The van der Waals surface area contributed by atoms with Gasteiger partial charge in [-0.2, -0.15) is 0 Å². The molecule has 0 radical (unpaired) electrons. The Kier molecular flexibility index (Phi) is 3.80. The molecule has 3 aromatic rings. The van der Waals surface area contributed by atoms with Crippen molar-refractivity contribution in [3.05, 3.63) is 34.7 Å². The highest BCUT2D eigenvalue weighted by atomic mass is 32.1. The van der Waals surface area contributed by atoms with E-state index < -0.39 is 0 Å². The van der Waals surface area contributed by atoms with E-state index in [0.29, 0.717) is 0 Å². The molecule has 0 atom stereocenters. The molecule has 0 saturated carbocycles. The van der Waals surface area contributed by atoms with Crippen molar-refractivity contribution in [2.45, 2.75) is 20.8 Å². The fraction of sp³-hybridized carbons (Fsp3) is 0.412. The first-order valence-corrected chi connectivity index (χ1v) is 8.96. The Morgan fingerprint density at radius 3 is 2.29 bits per heavy atom. The van der Waals surface area contributed by atoms with Crippen LogP contribution in [-0.2, 0) is 0 Å². The maximum absolute atomic E-state index is 4.77. The fourth-order valence-electron chi connectivity index (χ4n) is 3.13. The third-order valence-corrected chi connectivity index (χ3v) is 5.64. The Balaban J connectivity index is 1.63. The normalized spacial score (nSPS) is 15.3. The zero-order chi connectivity index (χ0) is 16.7. The Bertz CT molecular complexity index is 868. The quantitative estimate of drug-likeness (QED) is 0.715. The Labute approximate surface area is 145 Å². The summed E-state index contributed by atoms with van der Waals surface area (Å²) >= 11 is 1.76. The van der Waals surface area contributed by atoms with Crippen molar-refractivity contribution in [2.24, 2.45) is 0 Å². The van der Waals surface area contributed by atoms with E-state index in [-0.39, 0.29) is 0 Å². The topological polar surface area (TPSA) is 58.0 Å². The van der Waals surface area contributed by atoms with Crippen LogP contribution in [0.2, 0.25) is 0 Å². The van der Waals surface area contributed by atoms with Gasteiger partial charge in [0, 0.05) is 43.4 Å². The summed E-state index contributed by atoms with van der Waals surface area (Å²) in [5, 5.41) is 1.22. The average Bonchev–Trinajstić information content (AvgIpc) is 2.89. The second-order valence-corrected chi connectivity index (χ2v) is 7.28. The maximum atomic E-state index is 4.77. The van der Waals surface area contributed by atoms with Crippen molar-refractivity contribution in [2.75, 3.05) is 36.0 Å². The molecule has 1 saturated heterocycles. The van der Waals surface area contributed by atoms with Gasteiger partial charge in [-0.1, -0.05) is 0 Å². The number of aromatic nitrogens is 4. The van der Waals surface area contributed by atoms with Gasteiger partial charge in [0.15, 0.2) is 0 Å². The summed E-state index contributed by atoms with van der Waals surface area (Å²) in [7, 11) is 0. The molecule has 1 fully saturated rings. The van der Waals surface area contributed by atoms with E-state index in [1.807, 2.05) is 13.0 Å². The number of hydrogen-bond acceptors (Lipinski definition) is 7. The van der Waals surface area contributed by atoms with Crippen LogP contribution in [0.3, 0.4) is 0 Å². The van der Waals surface area contributed by atoms with E-state index in [1.165, 1.54) is 15.8 Å². The number of rotatable bonds is 2. The van der Waals surface area contributed by atoms with Gasteiger partial charge in [0.2, 0.25) is 5.95 Å². The van der Waals surface area contributed by atoms with Gasteiger partial charge in [0.05, 0.1) is 5.39 Å². The largest absolute Gasteiger partial charge is 0.352 e. The van der Waals surface area contributed by atoms with Crippen LogP contribution in [0.5, 0.6) is 0 Å². The average molecular weight is 340 g/mol. The first kappa shape index (κ1) is 15.3. The lowest BCUT2D eigenvalue weighted by Gasteiger charge is -2.35. The van der Waals surface area contributed by atoms with E-state index in [9.17, 15) is 0 Å². The smallest absolute Gasteiger partial charge is 0.225 e. The zero-order valence-electron chi connectivity index (χ0n) is 14.2. The molecule has 1 aliphatic rings. The minimum absolute atomic E-state index is 0.809. The highest BCUT2D eigenvalue weighted by molar-refractivity contribution is 7.18. The molecular formula is C17H20N6S. The van der Waals surface area contributed by atoms with Crippen LogP contribution in [0, 0.1) is 20.8 Å². The molecule has 1 aliphatic heterocycles. The number of nitrogens with zero attached hydrogens (tertiary/aromatic N) is 6. The molecule has 0 aromatic carbocycles. The van der Waals surface area contributed by atoms with Gasteiger partial charge < -0.3 is 9.80 Å². The predicted molar refractivity (Wildman–Crippen MR) is 98.1 cm³/mol. The number of hydrogen-bond donors (Lipinski definition) is 0. The molecule has 0 aliphatic carbocycles.